The van der Waals surface area contributed by atoms with E-state index >= 15 is 0 Å². The zero-order valence-electron chi connectivity index (χ0n) is 9.06. The Kier molecular flexibility index (Phi) is 6.12. The van der Waals surface area contributed by atoms with Gasteiger partial charge in [0.05, 0.1) is 18.3 Å². The van der Waals surface area contributed by atoms with E-state index in [2.05, 4.69) is 5.32 Å². The summed E-state index contributed by atoms with van der Waals surface area (Å²) in [5.74, 6) is 0. The molecule has 1 aliphatic rings. The van der Waals surface area contributed by atoms with Crippen LogP contribution in [0.15, 0.2) is 0 Å². The van der Waals surface area contributed by atoms with E-state index in [4.69, 9.17) is 10.5 Å². The third-order valence-electron chi connectivity index (χ3n) is 2.59. The predicted molar refractivity (Wildman–Crippen MR) is 57.5 cm³/mol. The Balaban J connectivity index is 2.03. The Morgan fingerprint density at radius 3 is 3.00 bits per heavy atom. The van der Waals surface area contributed by atoms with E-state index < -0.39 is 0 Å². The van der Waals surface area contributed by atoms with Crippen molar-refractivity contribution < 1.29 is 14.9 Å². The van der Waals surface area contributed by atoms with Crippen molar-refractivity contribution >= 4 is 0 Å². The number of aliphatic hydroxyl groups excluding tert-OH is 2. The molecule has 0 amide bonds. The summed E-state index contributed by atoms with van der Waals surface area (Å²) in [6.07, 6.45) is 1.47. The van der Waals surface area contributed by atoms with Crippen LogP contribution >= 0.6 is 0 Å². The van der Waals surface area contributed by atoms with Crippen LogP contribution in [0.4, 0.5) is 0 Å². The highest BCUT2D eigenvalue weighted by Crippen LogP contribution is 2.12. The van der Waals surface area contributed by atoms with E-state index in [0.29, 0.717) is 39.1 Å². The molecule has 90 valence electrons. The summed E-state index contributed by atoms with van der Waals surface area (Å²) < 4.78 is 5.46. The summed E-state index contributed by atoms with van der Waals surface area (Å²) in [6, 6.07) is 0. The largest absolute Gasteiger partial charge is 0.393 e. The van der Waals surface area contributed by atoms with Gasteiger partial charge >= 0.3 is 0 Å². The molecule has 0 aromatic heterocycles. The summed E-state index contributed by atoms with van der Waals surface area (Å²) in [5, 5.41) is 21.9. The molecule has 0 spiro atoms. The van der Waals surface area contributed by atoms with E-state index in [9.17, 15) is 10.2 Å². The number of nitrogens with two attached hydrogens (primary N) is 1. The van der Waals surface area contributed by atoms with Crippen LogP contribution in [0, 0.1) is 0 Å². The van der Waals surface area contributed by atoms with Crippen molar-refractivity contribution in [2.45, 2.75) is 37.6 Å². The highest BCUT2D eigenvalue weighted by Gasteiger charge is 2.20. The van der Waals surface area contributed by atoms with E-state index in [-0.39, 0.29) is 18.3 Å². The van der Waals surface area contributed by atoms with E-state index in [0.717, 1.165) is 6.42 Å². The molecule has 0 aliphatic carbocycles. The molecule has 1 rings (SSSR count). The molecule has 5 heteroatoms. The fourth-order valence-electron chi connectivity index (χ4n) is 1.71. The average molecular weight is 218 g/mol. The molecule has 1 saturated heterocycles. The SMILES string of the molecule is NCCC(O)CNCC1CC(O)CCO1. The van der Waals surface area contributed by atoms with Gasteiger partial charge in [0.25, 0.3) is 0 Å². The minimum absolute atomic E-state index is 0.0684. The van der Waals surface area contributed by atoms with Gasteiger partial charge in [-0.3, -0.25) is 0 Å². The van der Waals surface area contributed by atoms with Gasteiger partial charge in [0, 0.05) is 26.1 Å². The van der Waals surface area contributed by atoms with E-state index in [1.807, 2.05) is 0 Å². The van der Waals surface area contributed by atoms with Gasteiger partial charge in [-0.15, -0.1) is 0 Å². The lowest BCUT2D eigenvalue weighted by molar-refractivity contribution is -0.0424. The van der Waals surface area contributed by atoms with Crippen molar-refractivity contribution in [3.05, 3.63) is 0 Å². The van der Waals surface area contributed by atoms with Gasteiger partial charge in [-0.25, -0.2) is 0 Å². The van der Waals surface area contributed by atoms with Crippen LogP contribution in [0.25, 0.3) is 0 Å². The maximum absolute atomic E-state index is 9.40. The smallest absolute Gasteiger partial charge is 0.0724 e. The van der Waals surface area contributed by atoms with E-state index in [1.54, 1.807) is 0 Å². The lowest BCUT2D eigenvalue weighted by Gasteiger charge is -2.27. The summed E-state index contributed by atoms with van der Waals surface area (Å²) in [5.41, 5.74) is 5.32. The normalized spacial score (nSPS) is 29.0. The minimum atomic E-state index is -0.386. The van der Waals surface area contributed by atoms with Crippen molar-refractivity contribution in [3.8, 4) is 0 Å². The monoisotopic (exact) mass is 218 g/mol. The van der Waals surface area contributed by atoms with Crippen LogP contribution in [-0.2, 0) is 4.74 Å². The fourth-order valence-corrected chi connectivity index (χ4v) is 1.71. The number of ether oxygens (including phenoxy) is 1. The molecule has 5 N–H and O–H groups in total. The van der Waals surface area contributed by atoms with Gasteiger partial charge in [-0.05, 0) is 19.4 Å². The summed E-state index contributed by atoms with van der Waals surface area (Å²) in [4.78, 5) is 0. The minimum Gasteiger partial charge on any atom is -0.393 e. The van der Waals surface area contributed by atoms with Crippen molar-refractivity contribution in [3.63, 3.8) is 0 Å². The Labute approximate surface area is 90.6 Å². The lowest BCUT2D eigenvalue weighted by Crippen LogP contribution is -2.39. The maximum atomic E-state index is 9.40. The average Bonchev–Trinajstić information content (AvgIpc) is 2.18. The number of rotatable bonds is 6. The highest BCUT2D eigenvalue weighted by molar-refractivity contribution is 4.73. The molecule has 0 aromatic carbocycles. The van der Waals surface area contributed by atoms with Gasteiger partial charge in [0.1, 0.15) is 0 Å². The molecule has 0 aromatic rings. The second-order valence-corrected chi connectivity index (χ2v) is 4.06. The van der Waals surface area contributed by atoms with E-state index in [1.165, 1.54) is 0 Å². The Bertz CT molecular complexity index is 169. The van der Waals surface area contributed by atoms with Crippen molar-refractivity contribution in [2.24, 2.45) is 5.73 Å². The number of hydrogen-bond donors (Lipinski definition) is 4. The standard InChI is InChI=1S/C10H22N2O3/c11-3-1-9(14)6-12-7-10-5-8(13)2-4-15-10/h8-10,12-14H,1-7,11H2. The number of nitrogens with one attached hydrogen (secondary N) is 1. The maximum Gasteiger partial charge on any atom is 0.0724 e. The second-order valence-electron chi connectivity index (χ2n) is 4.06. The van der Waals surface area contributed by atoms with Gasteiger partial charge in [0.15, 0.2) is 0 Å². The van der Waals surface area contributed by atoms with Gasteiger partial charge in [-0.1, -0.05) is 0 Å². The molecule has 0 bridgehead atoms. The molecule has 3 atom stereocenters. The number of aliphatic hydroxyl groups is 2. The zero-order valence-corrected chi connectivity index (χ0v) is 9.06. The van der Waals surface area contributed by atoms with Gasteiger partial charge in [-0.2, -0.15) is 0 Å². The first kappa shape index (κ1) is 12.9. The van der Waals surface area contributed by atoms with Crippen LogP contribution in [0.2, 0.25) is 0 Å². The molecule has 0 radical (unpaired) electrons. The van der Waals surface area contributed by atoms with Crippen LogP contribution < -0.4 is 11.1 Å². The first-order chi connectivity index (χ1) is 7.22. The van der Waals surface area contributed by atoms with Crippen LogP contribution in [0.1, 0.15) is 19.3 Å². The third-order valence-corrected chi connectivity index (χ3v) is 2.59. The molecular formula is C10H22N2O3. The molecule has 15 heavy (non-hydrogen) atoms. The zero-order chi connectivity index (χ0) is 11.1. The molecule has 0 saturated carbocycles. The summed E-state index contributed by atoms with van der Waals surface area (Å²) in [7, 11) is 0. The summed E-state index contributed by atoms with van der Waals surface area (Å²) in [6.45, 7) is 2.34. The molecule has 1 fully saturated rings. The molecule has 5 nitrogen and oxygen atoms in total. The Morgan fingerprint density at radius 1 is 1.53 bits per heavy atom. The highest BCUT2D eigenvalue weighted by atomic mass is 16.5. The Hall–Kier alpha value is -0.200. The Morgan fingerprint density at radius 2 is 2.33 bits per heavy atom. The van der Waals surface area contributed by atoms with Crippen molar-refractivity contribution in [1.82, 2.24) is 5.32 Å². The van der Waals surface area contributed by atoms with Gasteiger partial charge in [0.2, 0.25) is 0 Å². The quantitative estimate of drug-likeness (QED) is 0.451. The number of hydrogen-bond acceptors (Lipinski definition) is 5. The second kappa shape index (κ2) is 7.14. The molecule has 1 heterocycles. The first-order valence-electron chi connectivity index (χ1n) is 5.61. The topological polar surface area (TPSA) is 87.7 Å². The van der Waals surface area contributed by atoms with Crippen molar-refractivity contribution in [1.29, 1.82) is 0 Å². The lowest BCUT2D eigenvalue weighted by atomic mass is 10.1. The van der Waals surface area contributed by atoms with Crippen LogP contribution in [0.5, 0.6) is 0 Å². The van der Waals surface area contributed by atoms with Gasteiger partial charge < -0.3 is 26.0 Å². The molecular weight excluding hydrogens is 196 g/mol. The van der Waals surface area contributed by atoms with Crippen LogP contribution in [0.3, 0.4) is 0 Å². The summed E-state index contributed by atoms with van der Waals surface area (Å²) >= 11 is 0. The predicted octanol–water partition coefficient (Wildman–Crippen LogP) is -1.17. The molecule has 1 aliphatic heterocycles. The third kappa shape index (κ3) is 5.44. The molecule has 3 unspecified atom stereocenters. The first-order valence-corrected chi connectivity index (χ1v) is 5.61. The van der Waals surface area contributed by atoms with Crippen molar-refractivity contribution in [2.75, 3.05) is 26.2 Å². The fraction of sp³-hybridized carbons (Fsp3) is 1.00. The van der Waals surface area contributed by atoms with Crippen LogP contribution in [-0.4, -0.2) is 54.8 Å².